The number of fused-ring (bicyclic) bond motifs is 1. The highest BCUT2D eigenvalue weighted by atomic mass is 16.2. The van der Waals surface area contributed by atoms with E-state index < -0.39 is 0 Å². The SMILES string of the molecule is O=C(Cc1ccc2c(c1)CCCC2)N1CCN(CC(=O)N2CCCCC2)CC1. The fourth-order valence-corrected chi connectivity index (χ4v) is 4.77. The molecule has 5 heteroatoms. The Morgan fingerprint density at radius 1 is 0.714 bits per heavy atom. The molecule has 0 bridgehead atoms. The zero-order chi connectivity index (χ0) is 19.3. The average molecular weight is 384 g/mol. The summed E-state index contributed by atoms with van der Waals surface area (Å²) < 4.78 is 0. The van der Waals surface area contributed by atoms with Crippen LogP contribution in [0.15, 0.2) is 18.2 Å². The normalized spacial score (nSPS) is 20.7. The molecule has 0 aromatic heterocycles. The lowest BCUT2D eigenvalue weighted by Gasteiger charge is -2.36. The lowest BCUT2D eigenvalue weighted by atomic mass is 9.90. The van der Waals surface area contributed by atoms with E-state index in [1.807, 2.05) is 9.80 Å². The summed E-state index contributed by atoms with van der Waals surface area (Å²) in [5, 5.41) is 0. The maximum Gasteiger partial charge on any atom is 0.236 e. The fourth-order valence-electron chi connectivity index (χ4n) is 4.77. The smallest absolute Gasteiger partial charge is 0.236 e. The molecule has 2 fully saturated rings. The van der Waals surface area contributed by atoms with Crippen molar-refractivity contribution < 1.29 is 9.59 Å². The van der Waals surface area contributed by atoms with Crippen LogP contribution in [-0.4, -0.2) is 72.3 Å². The van der Waals surface area contributed by atoms with Gasteiger partial charge in [0.05, 0.1) is 13.0 Å². The van der Waals surface area contributed by atoms with Gasteiger partial charge in [0.15, 0.2) is 0 Å². The van der Waals surface area contributed by atoms with Crippen molar-refractivity contribution in [2.24, 2.45) is 0 Å². The van der Waals surface area contributed by atoms with Crippen molar-refractivity contribution in [1.29, 1.82) is 0 Å². The summed E-state index contributed by atoms with van der Waals surface area (Å²) in [5.41, 5.74) is 4.06. The standard InChI is InChI=1S/C23H33N3O2/c27-22(17-19-8-9-20-6-2-3-7-21(20)16-19)26-14-12-24(13-15-26)18-23(28)25-10-4-1-5-11-25/h8-9,16H,1-7,10-15,17-18H2. The second-order valence-electron chi connectivity index (χ2n) is 8.59. The van der Waals surface area contributed by atoms with E-state index in [9.17, 15) is 9.59 Å². The highest BCUT2D eigenvalue weighted by Gasteiger charge is 2.25. The Bertz CT molecular complexity index is 704. The second kappa shape index (κ2) is 9.08. The number of rotatable bonds is 4. The number of aryl methyl sites for hydroxylation is 2. The zero-order valence-electron chi connectivity index (χ0n) is 17.0. The Morgan fingerprint density at radius 3 is 2.14 bits per heavy atom. The van der Waals surface area contributed by atoms with Crippen molar-refractivity contribution in [3.8, 4) is 0 Å². The van der Waals surface area contributed by atoms with Crippen molar-refractivity contribution in [2.45, 2.75) is 51.4 Å². The van der Waals surface area contributed by atoms with Crippen LogP contribution in [0.4, 0.5) is 0 Å². The van der Waals surface area contributed by atoms with Gasteiger partial charge in [0.2, 0.25) is 11.8 Å². The first-order valence-electron chi connectivity index (χ1n) is 11.1. The predicted octanol–water partition coefficient (Wildman–Crippen LogP) is 2.26. The van der Waals surface area contributed by atoms with Crippen molar-refractivity contribution in [3.05, 3.63) is 34.9 Å². The highest BCUT2D eigenvalue weighted by Crippen LogP contribution is 2.22. The van der Waals surface area contributed by atoms with E-state index in [1.165, 1.54) is 36.8 Å². The molecule has 0 radical (unpaired) electrons. The fraction of sp³-hybridized carbons (Fsp3) is 0.652. The molecule has 2 amide bonds. The summed E-state index contributed by atoms with van der Waals surface area (Å²) in [5.74, 6) is 0.478. The first-order valence-corrected chi connectivity index (χ1v) is 11.1. The molecule has 1 aliphatic carbocycles. The summed E-state index contributed by atoms with van der Waals surface area (Å²) in [6.07, 6.45) is 8.91. The molecule has 5 nitrogen and oxygen atoms in total. The van der Waals surface area contributed by atoms with Gasteiger partial charge in [-0.15, -0.1) is 0 Å². The lowest BCUT2D eigenvalue weighted by molar-refractivity contribution is -0.135. The van der Waals surface area contributed by atoms with Gasteiger partial charge in [-0.2, -0.15) is 0 Å². The highest BCUT2D eigenvalue weighted by molar-refractivity contribution is 5.79. The van der Waals surface area contributed by atoms with Crippen molar-refractivity contribution in [1.82, 2.24) is 14.7 Å². The summed E-state index contributed by atoms with van der Waals surface area (Å²) in [4.78, 5) is 31.4. The topological polar surface area (TPSA) is 43.9 Å². The molecule has 0 saturated carbocycles. The molecule has 0 spiro atoms. The molecule has 2 aliphatic heterocycles. The van der Waals surface area contributed by atoms with Gasteiger partial charge in [0.1, 0.15) is 0 Å². The number of carbonyl (C=O) groups excluding carboxylic acids is 2. The number of carbonyl (C=O) groups is 2. The minimum absolute atomic E-state index is 0.220. The molecule has 0 unspecified atom stereocenters. The molecule has 2 heterocycles. The van der Waals surface area contributed by atoms with Crippen LogP contribution in [-0.2, 0) is 28.9 Å². The van der Waals surface area contributed by atoms with Crippen LogP contribution in [0.5, 0.6) is 0 Å². The summed E-state index contributed by atoms with van der Waals surface area (Å²) in [6.45, 7) is 5.40. The summed E-state index contributed by atoms with van der Waals surface area (Å²) in [6, 6.07) is 6.61. The molecule has 152 valence electrons. The van der Waals surface area contributed by atoms with E-state index in [4.69, 9.17) is 0 Å². The molecular formula is C23H33N3O2. The predicted molar refractivity (Wildman–Crippen MR) is 110 cm³/mol. The number of amides is 2. The van der Waals surface area contributed by atoms with E-state index in [0.717, 1.165) is 64.1 Å². The van der Waals surface area contributed by atoms with Gasteiger partial charge in [0.25, 0.3) is 0 Å². The Balaban J connectivity index is 1.24. The van der Waals surface area contributed by atoms with Gasteiger partial charge in [-0.1, -0.05) is 18.2 Å². The molecule has 1 aromatic carbocycles. The molecule has 4 rings (SSSR count). The van der Waals surface area contributed by atoms with Gasteiger partial charge < -0.3 is 9.80 Å². The maximum atomic E-state index is 12.7. The lowest BCUT2D eigenvalue weighted by Crippen LogP contribution is -2.52. The van der Waals surface area contributed by atoms with E-state index in [2.05, 4.69) is 23.1 Å². The van der Waals surface area contributed by atoms with Crippen LogP contribution in [0.3, 0.4) is 0 Å². The van der Waals surface area contributed by atoms with Crippen LogP contribution in [0.25, 0.3) is 0 Å². The molecule has 0 atom stereocenters. The zero-order valence-corrected chi connectivity index (χ0v) is 17.0. The third-order valence-electron chi connectivity index (χ3n) is 6.56. The quantitative estimate of drug-likeness (QED) is 0.801. The number of nitrogens with zero attached hydrogens (tertiary/aromatic N) is 3. The summed E-state index contributed by atoms with van der Waals surface area (Å²) >= 11 is 0. The first kappa shape index (κ1) is 19.4. The van der Waals surface area contributed by atoms with Gasteiger partial charge in [-0.25, -0.2) is 0 Å². The van der Waals surface area contributed by atoms with Gasteiger partial charge in [0, 0.05) is 39.3 Å². The van der Waals surface area contributed by atoms with E-state index >= 15 is 0 Å². The number of piperazine rings is 1. The van der Waals surface area contributed by atoms with Gasteiger partial charge in [-0.3, -0.25) is 14.5 Å². The third-order valence-corrected chi connectivity index (χ3v) is 6.56. The third kappa shape index (κ3) is 4.75. The van der Waals surface area contributed by atoms with Crippen LogP contribution in [0.2, 0.25) is 0 Å². The van der Waals surface area contributed by atoms with E-state index in [1.54, 1.807) is 0 Å². The minimum atomic E-state index is 0.220. The number of benzene rings is 1. The molecule has 28 heavy (non-hydrogen) atoms. The number of piperidine rings is 1. The summed E-state index contributed by atoms with van der Waals surface area (Å²) in [7, 11) is 0. The second-order valence-corrected chi connectivity index (χ2v) is 8.59. The molecule has 0 N–H and O–H groups in total. The Hall–Kier alpha value is -1.88. The van der Waals surface area contributed by atoms with Crippen LogP contribution >= 0.6 is 0 Å². The van der Waals surface area contributed by atoms with Gasteiger partial charge in [-0.05, 0) is 61.6 Å². The van der Waals surface area contributed by atoms with Gasteiger partial charge >= 0.3 is 0 Å². The first-order chi connectivity index (χ1) is 13.7. The van der Waals surface area contributed by atoms with E-state index in [0.29, 0.717) is 13.0 Å². The maximum absolute atomic E-state index is 12.7. The van der Waals surface area contributed by atoms with Crippen LogP contribution in [0, 0.1) is 0 Å². The molecule has 3 aliphatic rings. The Kier molecular flexibility index (Phi) is 6.30. The largest absolute Gasteiger partial charge is 0.342 e. The van der Waals surface area contributed by atoms with E-state index in [-0.39, 0.29) is 11.8 Å². The number of hydrogen-bond acceptors (Lipinski definition) is 3. The van der Waals surface area contributed by atoms with Crippen LogP contribution < -0.4 is 0 Å². The van der Waals surface area contributed by atoms with Crippen molar-refractivity contribution in [2.75, 3.05) is 45.8 Å². The Labute approximate surface area is 168 Å². The molecule has 1 aromatic rings. The van der Waals surface area contributed by atoms with Crippen molar-refractivity contribution in [3.63, 3.8) is 0 Å². The molecule has 2 saturated heterocycles. The average Bonchev–Trinajstić information content (AvgIpc) is 2.75. The Morgan fingerprint density at radius 2 is 1.39 bits per heavy atom. The molecular weight excluding hydrogens is 350 g/mol. The van der Waals surface area contributed by atoms with Crippen LogP contribution in [0.1, 0.15) is 48.8 Å². The number of hydrogen-bond donors (Lipinski definition) is 0. The minimum Gasteiger partial charge on any atom is -0.342 e. The number of likely N-dealkylation sites (tertiary alicyclic amines) is 1. The van der Waals surface area contributed by atoms with Crippen molar-refractivity contribution >= 4 is 11.8 Å². The monoisotopic (exact) mass is 383 g/mol.